The summed E-state index contributed by atoms with van der Waals surface area (Å²) in [4.78, 5) is 13.6. The molecule has 0 aliphatic rings. The summed E-state index contributed by atoms with van der Waals surface area (Å²) in [6.07, 6.45) is 5.12. The van der Waals surface area contributed by atoms with Crippen LogP contribution in [0.3, 0.4) is 0 Å². The van der Waals surface area contributed by atoms with Gasteiger partial charge in [-0.15, -0.1) is 0 Å². The van der Waals surface area contributed by atoms with Crippen LogP contribution in [0.1, 0.15) is 59.8 Å². The Morgan fingerprint density at radius 2 is 2.00 bits per heavy atom. The number of carboxylic acid groups (broad SMARTS) is 1. The minimum atomic E-state index is -0.775. The number of aliphatic carboxylic acids is 1. The number of unbranched alkanes of at least 4 members (excludes halogenated alkanes) is 1. The van der Waals surface area contributed by atoms with Crippen LogP contribution >= 0.6 is 0 Å². The number of likely N-dealkylation sites (N-methyl/N-ethyl adjacent to an activating group) is 1. The van der Waals surface area contributed by atoms with Crippen molar-refractivity contribution < 1.29 is 9.90 Å². The molecule has 2 N–H and O–H groups in total. The summed E-state index contributed by atoms with van der Waals surface area (Å²) >= 11 is 0. The van der Waals surface area contributed by atoms with Gasteiger partial charge in [0.2, 0.25) is 0 Å². The van der Waals surface area contributed by atoms with Crippen molar-refractivity contribution in [3.8, 4) is 0 Å². The molecule has 4 nitrogen and oxygen atoms in total. The van der Waals surface area contributed by atoms with Crippen molar-refractivity contribution in [2.24, 2.45) is 0 Å². The summed E-state index contributed by atoms with van der Waals surface area (Å²) in [6, 6.07) is 0.615. The topological polar surface area (TPSA) is 52.6 Å². The molecule has 0 aromatic rings. The minimum Gasteiger partial charge on any atom is -0.480 e. The van der Waals surface area contributed by atoms with Gasteiger partial charge in [0.05, 0.1) is 0 Å². The molecule has 0 bridgehead atoms. The standard InChI is InChI=1S/C15H32N2O2/c1-6-10-13(3)17(5)12-9-8-11-15(4,14(18)19)16-7-2/h13,16H,6-12H2,1-5H3,(H,18,19). The van der Waals surface area contributed by atoms with Crippen LogP contribution in [-0.2, 0) is 4.79 Å². The van der Waals surface area contributed by atoms with Crippen LogP contribution in [-0.4, -0.2) is 47.7 Å². The lowest BCUT2D eigenvalue weighted by atomic mass is 9.94. The van der Waals surface area contributed by atoms with E-state index < -0.39 is 11.5 Å². The number of hydrogen-bond acceptors (Lipinski definition) is 3. The zero-order chi connectivity index (χ0) is 14.9. The fraction of sp³-hybridized carbons (Fsp3) is 0.933. The fourth-order valence-electron chi connectivity index (χ4n) is 2.36. The molecule has 0 saturated carbocycles. The van der Waals surface area contributed by atoms with E-state index >= 15 is 0 Å². The smallest absolute Gasteiger partial charge is 0.323 e. The van der Waals surface area contributed by atoms with Gasteiger partial charge in [0.15, 0.2) is 0 Å². The quantitative estimate of drug-likeness (QED) is 0.568. The Bertz CT molecular complexity index is 259. The molecule has 19 heavy (non-hydrogen) atoms. The SMILES string of the molecule is CCCC(C)N(C)CCCCC(C)(NCC)C(=O)O. The maximum atomic E-state index is 11.3. The fourth-order valence-corrected chi connectivity index (χ4v) is 2.36. The van der Waals surface area contributed by atoms with Gasteiger partial charge in [-0.3, -0.25) is 4.79 Å². The van der Waals surface area contributed by atoms with E-state index in [0.717, 1.165) is 19.4 Å². The first kappa shape index (κ1) is 18.4. The number of nitrogens with one attached hydrogen (secondary N) is 1. The van der Waals surface area contributed by atoms with Crippen LogP contribution in [0.15, 0.2) is 0 Å². The van der Waals surface area contributed by atoms with E-state index in [4.69, 9.17) is 0 Å². The number of hydrogen-bond donors (Lipinski definition) is 2. The molecule has 2 unspecified atom stereocenters. The van der Waals surface area contributed by atoms with E-state index in [0.29, 0.717) is 19.0 Å². The third-order valence-electron chi connectivity index (χ3n) is 3.94. The maximum absolute atomic E-state index is 11.3. The Hall–Kier alpha value is -0.610. The van der Waals surface area contributed by atoms with Crippen LogP contribution in [0.5, 0.6) is 0 Å². The molecule has 0 saturated heterocycles. The monoisotopic (exact) mass is 272 g/mol. The lowest BCUT2D eigenvalue weighted by Crippen LogP contribution is -2.49. The Kier molecular flexibility index (Phi) is 9.02. The number of carboxylic acids is 1. The average Bonchev–Trinajstić information content (AvgIpc) is 2.34. The lowest BCUT2D eigenvalue weighted by Gasteiger charge is -2.27. The van der Waals surface area contributed by atoms with Crippen molar-refractivity contribution in [1.82, 2.24) is 10.2 Å². The van der Waals surface area contributed by atoms with Crippen molar-refractivity contribution in [2.75, 3.05) is 20.1 Å². The molecule has 0 spiro atoms. The zero-order valence-electron chi connectivity index (χ0n) is 13.3. The van der Waals surface area contributed by atoms with E-state index in [-0.39, 0.29) is 0 Å². The largest absolute Gasteiger partial charge is 0.480 e. The Morgan fingerprint density at radius 1 is 1.37 bits per heavy atom. The van der Waals surface area contributed by atoms with Gasteiger partial charge in [0, 0.05) is 6.04 Å². The second-order valence-corrected chi connectivity index (χ2v) is 5.74. The predicted octanol–water partition coefficient (Wildman–Crippen LogP) is 2.73. The summed E-state index contributed by atoms with van der Waals surface area (Å²) in [5, 5.41) is 12.3. The summed E-state index contributed by atoms with van der Waals surface area (Å²) in [7, 11) is 2.15. The molecule has 0 radical (unpaired) electrons. The van der Waals surface area contributed by atoms with Crippen molar-refractivity contribution >= 4 is 5.97 Å². The van der Waals surface area contributed by atoms with Gasteiger partial charge in [-0.1, -0.05) is 20.3 Å². The molecule has 0 amide bonds. The average molecular weight is 272 g/mol. The Balaban J connectivity index is 3.98. The van der Waals surface area contributed by atoms with Crippen molar-refractivity contribution in [3.63, 3.8) is 0 Å². The van der Waals surface area contributed by atoms with Crippen LogP contribution in [0.2, 0.25) is 0 Å². The molecule has 0 aliphatic heterocycles. The summed E-state index contributed by atoms with van der Waals surface area (Å²) in [5.41, 5.74) is -0.775. The molecule has 4 heteroatoms. The van der Waals surface area contributed by atoms with Crippen LogP contribution < -0.4 is 5.32 Å². The first-order valence-corrected chi connectivity index (χ1v) is 7.56. The van der Waals surface area contributed by atoms with Crippen LogP contribution in [0.4, 0.5) is 0 Å². The van der Waals surface area contributed by atoms with Gasteiger partial charge >= 0.3 is 5.97 Å². The van der Waals surface area contributed by atoms with E-state index in [9.17, 15) is 9.90 Å². The van der Waals surface area contributed by atoms with E-state index in [2.05, 4.69) is 31.1 Å². The van der Waals surface area contributed by atoms with Crippen LogP contribution in [0.25, 0.3) is 0 Å². The lowest BCUT2D eigenvalue weighted by molar-refractivity contribution is -0.144. The highest BCUT2D eigenvalue weighted by atomic mass is 16.4. The number of rotatable bonds is 11. The van der Waals surface area contributed by atoms with Gasteiger partial charge in [0.25, 0.3) is 0 Å². The highest BCUT2D eigenvalue weighted by molar-refractivity contribution is 5.78. The Morgan fingerprint density at radius 3 is 2.47 bits per heavy atom. The first-order valence-electron chi connectivity index (χ1n) is 7.56. The van der Waals surface area contributed by atoms with Gasteiger partial charge in [0.1, 0.15) is 5.54 Å². The maximum Gasteiger partial charge on any atom is 0.323 e. The van der Waals surface area contributed by atoms with Gasteiger partial charge < -0.3 is 15.3 Å². The van der Waals surface area contributed by atoms with E-state index in [1.54, 1.807) is 6.92 Å². The van der Waals surface area contributed by atoms with Crippen LogP contribution in [0, 0.1) is 0 Å². The summed E-state index contributed by atoms with van der Waals surface area (Å²) < 4.78 is 0. The highest BCUT2D eigenvalue weighted by Gasteiger charge is 2.31. The molecular weight excluding hydrogens is 240 g/mol. The molecule has 114 valence electrons. The molecule has 0 fully saturated rings. The molecule has 0 rings (SSSR count). The number of nitrogens with zero attached hydrogens (tertiary/aromatic N) is 1. The molecule has 0 aliphatic carbocycles. The number of carbonyl (C=O) groups is 1. The predicted molar refractivity (Wildman–Crippen MR) is 80.6 cm³/mol. The normalized spacial score (nSPS) is 16.3. The van der Waals surface area contributed by atoms with Crippen molar-refractivity contribution in [3.05, 3.63) is 0 Å². The van der Waals surface area contributed by atoms with Gasteiger partial charge in [-0.25, -0.2) is 0 Å². The Labute approximate surface area is 118 Å². The second-order valence-electron chi connectivity index (χ2n) is 5.74. The van der Waals surface area contributed by atoms with Crippen molar-refractivity contribution in [1.29, 1.82) is 0 Å². The summed E-state index contributed by atoms with van der Waals surface area (Å²) in [5.74, 6) is -0.748. The van der Waals surface area contributed by atoms with Crippen molar-refractivity contribution in [2.45, 2.75) is 71.4 Å². The first-order chi connectivity index (χ1) is 8.87. The van der Waals surface area contributed by atoms with Gasteiger partial charge in [-0.2, -0.15) is 0 Å². The van der Waals surface area contributed by atoms with E-state index in [1.807, 2.05) is 6.92 Å². The van der Waals surface area contributed by atoms with E-state index in [1.165, 1.54) is 12.8 Å². The minimum absolute atomic E-state index is 0.615. The molecule has 0 heterocycles. The summed E-state index contributed by atoms with van der Waals surface area (Å²) in [6.45, 7) is 9.92. The molecule has 0 aromatic heterocycles. The molecule has 0 aromatic carbocycles. The third-order valence-corrected chi connectivity index (χ3v) is 3.94. The zero-order valence-corrected chi connectivity index (χ0v) is 13.3. The molecule has 2 atom stereocenters. The third kappa shape index (κ3) is 6.92. The highest BCUT2D eigenvalue weighted by Crippen LogP contribution is 2.15. The second kappa shape index (κ2) is 9.32. The van der Waals surface area contributed by atoms with Gasteiger partial charge in [-0.05, 0) is 59.7 Å². The molecular formula is C15H32N2O2.